The molecule has 0 N–H and O–H groups in total. The Labute approximate surface area is 156 Å². The van der Waals surface area contributed by atoms with Crippen LogP contribution in [0.1, 0.15) is 35.9 Å². The van der Waals surface area contributed by atoms with Gasteiger partial charge in [0.1, 0.15) is 5.69 Å². The summed E-state index contributed by atoms with van der Waals surface area (Å²) in [4.78, 5) is 22.6. The largest absolute Gasteiger partial charge is 0.419 e. The average Bonchev–Trinajstić information content (AvgIpc) is 3.09. The maximum absolute atomic E-state index is 12.7. The lowest BCUT2D eigenvalue weighted by atomic mass is 10.2. The van der Waals surface area contributed by atoms with Gasteiger partial charge in [-0.15, -0.1) is 10.2 Å². The molecule has 134 valence electrons. The van der Waals surface area contributed by atoms with Gasteiger partial charge in [-0.1, -0.05) is 11.6 Å². The highest BCUT2D eigenvalue weighted by Crippen LogP contribution is 2.21. The van der Waals surface area contributed by atoms with E-state index in [1.165, 1.54) is 6.20 Å². The minimum atomic E-state index is -0.237. The van der Waals surface area contributed by atoms with Gasteiger partial charge in [-0.25, -0.2) is 4.98 Å². The number of rotatable bonds is 5. The molecule has 2 aromatic heterocycles. The highest BCUT2D eigenvalue weighted by atomic mass is 35.5. The number of aryl methyl sites for hydroxylation is 1. The normalized spacial score (nSPS) is 11.0. The molecule has 1 aromatic carbocycles. The standard InChI is InChI=1S/C18H18ClN5O2/c1-11(2)24(18(25)15-9-20-12(3)8-21-15)10-16-22-23-17(26-16)13-4-6-14(19)7-5-13/h4-9,11H,10H2,1-3H3. The lowest BCUT2D eigenvalue weighted by Gasteiger charge is -2.24. The van der Waals surface area contributed by atoms with E-state index in [-0.39, 0.29) is 24.2 Å². The molecular formula is C18H18ClN5O2. The molecule has 0 radical (unpaired) electrons. The number of benzene rings is 1. The van der Waals surface area contributed by atoms with Crippen molar-refractivity contribution in [1.82, 2.24) is 25.1 Å². The molecule has 0 saturated carbocycles. The SMILES string of the molecule is Cc1cnc(C(=O)N(Cc2nnc(-c3ccc(Cl)cc3)o2)C(C)C)cn1. The molecule has 0 saturated heterocycles. The van der Waals surface area contributed by atoms with Crippen molar-refractivity contribution < 1.29 is 9.21 Å². The van der Waals surface area contributed by atoms with Crippen LogP contribution in [0.4, 0.5) is 0 Å². The van der Waals surface area contributed by atoms with Crippen molar-refractivity contribution >= 4 is 17.5 Å². The van der Waals surface area contributed by atoms with Crippen LogP contribution in [0.3, 0.4) is 0 Å². The molecule has 0 aliphatic rings. The summed E-state index contributed by atoms with van der Waals surface area (Å²) < 4.78 is 5.70. The predicted molar refractivity (Wildman–Crippen MR) is 96.5 cm³/mol. The minimum absolute atomic E-state index is 0.0727. The van der Waals surface area contributed by atoms with Crippen LogP contribution < -0.4 is 0 Å². The third-order valence-corrected chi connectivity index (χ3v) is 4.00. The molecule has 0 atom stereocenters. The maximum Gasteiger partial charge on any atom is 0.274 e. The molecule has 0 unspecified atom stereocenters. The molecule has 0 aliphatic heterocycles. The van der Waals surface area contributed by atoms with Crippen LogP contribution >= 0.6 is 11.6 Å². The molecular weight excluding hydrogens is 354 g/mol. The number of nitrogens with zero attached hydrogens (tertiary/aromatic N) is 5. The molecule has 1 amide bonds. The second kappa shape index (κ2) is 7.61. The monoisotopic (exact) mass is 371 g/mol. The number of aromatic nitrogens is 4. The van der Waals surface area contributed by atoms with Gasteiger partial charge >= 0.3 is 0 Å². The first-order chi connectivity index (χ1) is 12.4. The molecule has 3 aromatic rings. The van der Waals surface area contributed by atoms with E-state index in [0.717, 1.165) is 11.3 Å². The summed E-state index contributed by atoms with van der Waals surface area (Å²) in [6.07, 6.45) is 3.04. The van der Waals surface area contributed by atoms with Gasteiger partial charge in [0.15, 0.2) is 0 Å². The highest BCUT2D eigenvalue weighted by molar-refractivity contribution is 6.30. The van der Waals surface area contributed by atoms with Crippen LogP contribution in [0, 0.1) is 6.92 Å². The quantitative estimate of drug-likeness (QED) is 0.682. The summed E-state index contributed by atoms with van der Waals surface area (Å²) in [7, 11) is 0. The Bertz CT molecular complexity index is 891. The third kappa shape index (κ3) is 4.05. The average molecular weight is 372 g/mol. The first-order valence-electron chi connectivity index (χ1n) is 8.12. The number of hydrogen-bond donors (Lipinski definition) is 0. The van der Waals surface area contributed by atoms with Gasteiger partial charge in [-0.2, -0.15) is 0 Å². The van der Waals surface area contributed by atoms with Crippen molar-refractivity contribution in [3.63, 3.8) is 0 Å². The maximum atomic E-state index is 12.7. The molecule has 0 fully saturated rings. The fourth-order valence-corrected chi connectivity index (χ4v) is 2.44. The number of carbonyl (C=O) groups is 1. The highest BCUT2D eigenvalue weighted by Gasteiger charge is 2.23. The Morgan fingerprint density at radius 1 is 1.15 bits per heavy atom. The van der Waals surface area contributed by atoms with Crippen LogP contribution in [0.5, 0.6) is 0 Å². The van der Waals surface area contributed by atoms with E-state index in [2.05, 4.69) is 20.2 Å². The second-order valence-corrected chi connectivity index (χ2v) is 6.51. The van der Waals surface area contributed by atoms with E-state index in [1.807, 2.05) is 20.8 Å². The Hall–Kier alpha value is -2.80. The van der Waals surface area contributed by atoms with Crippen molar-refractivity contribution in [1.29, 1.82) is 0 Å². The van der Waals surface area contributed by atoms with Crippen LogP contribution in [-0.2, 0) is 6.54 Å². The molecule has 8 heteroatoms. The molecule has 2 heterocycles. The van der Waals surface area contributed by atoms with Crippen molar-refractivity contribution in [3.05, 3.63) is 59.0 Å². The van der Waals surface area contributed by atoms with Crippen molar-refractivity contribution in [3.8, 4) is 11.5 Å². The Balaban J connectivity index is 1.79. The van der Waals surface area contributed by atoms with Crippen LogP contribution in [0.25, 0.3) is 11.5 Å². The molecule has 3 rings (SSSR count). The van der Waals surface area contributed by atoms with E-state index in [9.17, 15) is 4.79 Å². The number of halogens is 1. The summed E-state index contributed by atoms with van der Waals surface area (Å²) in [5, 5.41) is 8.72. The first kappa shape index (κ1) is 18.0. The van der Waals surface area contributed by atoms with Crippen molar-refractivity contribution in [2.75, 3.05) is 0 Å². The van der Waals surface area contributed by atoms with Gasteiger partial charge < -0.3 is 9.32 Å². The zero-order valence-electron chi connectivity index (χ0n) is 14.7. The van der Waals surface area contributed by atoms with Crippen LogP contribution in [-0.4, -0.2) is 37.0 Å². The molecule has 0 aliphatic carbocycles. The lowest BCUT2D eigenvalue weighted by molar-refractivity contribution is 0.0666. The molecule has 7 nitrogen and oxygen atoms in total. The second-order valence-electron chi connectivity index (χ2n) is 6.08. The molecule has 0 spiro atoms. The third-order valence-electron chi connectivity index (χ3n) is 3.75. The van der Waals surface area contributed by atoms with Gasteiger partial charge in [-0.05, 0) is 45.0 Å². The van der Waals surface area contributed by atoms with Gasteiger partial charge in [0.05, 0.1) is 18.4 Å². The zero-order valence-corrected chi connectivity index (χ0v) is 15.4. The molecule has 26 heavy (non-hydrogen) atoms. The summed E-state index contributed by atoms with van der Waals surface area (Å²) >= 11 is 5.89. The smallest absolute Gasteiger partial charge is 0.274 e. The summed E-state index contributed by atoms with van der Waals surface area (Å²) in [6.45, 7) is 5.83. The van der Waals surface area contributed by atoms with Crippen molar-refractivity contribution in [2.45, 2.75) is 33.4 Å². The first-order valence-corrected chi connectivity index (χ1v) is 8.50. The Kier molecular flexibility index (Phi) is 5.27. The minimum Gasteiger partial charge on any atom is -0.419 e. The van der Waals surface area contributed by atoms with E-state index in [1.54, 1.807) is 35.4 Å². The predicted octanol–water partition coefficient (Wildman–Crippen LogP) is 3.54. The lowest BCUT2D eigenvalue weighted by Crippen LogP contribution is -2.37. The van der Waals surface area contributed by atoms with E-state index < -0.39 is 0 Å². The summed E-state index contributed by atoms with van der Waals surface area (Å²) in [5.41, 5.74) is 1.80. The number of carbonyl (C=O) groups excluding carboxylic acids is 1. The summed E-state index contributed by atoms with van der Waals surface area (Å²) in [6, 6.07) is 7.03. The van der Waals surface area contributed by atoms with Gasteiger partial charge in [0.2, 0.25) is 11.8 Å². The molecule has 0 bridgehead atoms. The zero-order chi connectivity index (χ0) is 18.7. The van der Waals surface area contributed by atoms with Gasteiger partial charge in [0, 0.05) is 22.8 Å². The summed E-state index contributed by atoms with van der Waals surface area (Å²) in [5.74, 6) is 0.485. The van der Waals surface area contributed by atoms with E-state index in [4.69, 9.17) is 16.0 Å². The van der Waals surface area contributed by atoms with Crippen LogP contribution in [0.2, 0.25) is 5.02 Å². The van der Waals surface area contributed by atoms with Crippen molar-refractivity contribution in [2.24, 2.45) is 0 Å². The van der Waals surface area contributed by atoms with Gasteiger partial charge in [-0.3, -0.25) is 9.78 Å². The fraction of sp³-hybridized carbons (Fsp3) is 0.278. The Morgan fingerprint density at radius 2 is 1.88 bits per heavy atom. The van der Waals surface area contributed by atoms with Crippen LogP contribution in [0.15, 0.2) is 41.1 Å². The van der Waals surface area contributed by atoms with Gasteiger partial charge in [0.25, 0.3) is 5.91 Å². The Morgan fingerprint density at radius 3 is 2.50 bits per heavy atom. The van der Waals surface area contributed by atoms with E-state index in [0.29, 0.717) is 16.8 Å². The number of hydrogen-bond acceptors (Lipinski definition) is 6. The number of amides is 1. The fourth-order valence-electron chi connectivity index (χ4n) is 2.31. The van der Waals surface area contributed by atoms with E-state index >= 15 is 0 Å². The topological polar surface area (TPSA) is 85.0 Å².